The van der Waals surface area contributed by atoms with Crippen LogP contribution in [0.3, 0.4) is 0 Å². The number of rotatable bonds is 5. The summed E-state index contributed by atoms with van der Waals surface area (Å²) in [5.41, 5.74) is 7.43. The number of hydrogen-bond acceptors (Lipinski definition) is 4. The van der Waals surface area contributed by atoms with E-state index in [1.165, 1.54) is 12.3 Å². The van der Waals surface area contributed by atoms with Crippen molar-refractivity contribution in [3.63, 3.8) is 0 Å². The Morgan fingerprint density at radius 2 is 2.00 bits per heavy atom. The molecule has 4 N–H and O–H groups in total. The number of nitrogens with zero attached hydrogens (tertiary/aromatic N) is 2. The minimum atomic E-state index is -0.499. The Bertz CT molecular complexity index is 774. The fourth-order valence-corrected chi connectivity index (χ4v) is 3.18. The van der Waals surface area contributed by atoms with E-state index in [0.29, 0.717) is 5.56 Å². The molecule has 0 saturated heterocycles. The topological polar surface area (TPSA) is 102 Å². The normalized spacial score (nSPS) is 20.5. The van der Waals surface area contributed by atoms with Crippen LogP contribution >= 0.6 is 0 Å². The van der Waals surface area contributed by atoms with Gasteiger partial charge in [-0.05, 0) is 43.9 Å². The standard InChI is InChI=1S/C17H21N5O2/c1-2-15(23)20-11-5-7-12(8-6-11)21-16-13(17(18)24)10-19-22-9-3-4-14(16)22/h2-4,9-12,21H,1,5-8H2,(H2,18,24)(H,20,23). The predicted molar refractivity (Wildman–Crippen MR) is 91.7 cm³/mol. The minimum absolute atomic E-state index is 0.133. The van der Waals surface area contributed by atoms with Gasteiger partial charge in [0.25, 0.3) is 5.91 Å². The van der Waals surface area contributed by atoms with E-state index in [0.717, 1.165) is 36.9 Å². The highest BCUT2D eigenvalue weighted by atomic mass is 16.1. The Hall–Kier alpha value is -2.83. The third-order valence-electron chi connectivity index (χ3n) is 4.44. The second kappa shape index (κ2) is 6.74. The fourth-order valence-electron chi connectivity index (χ4n) is 3.18. The summed E-state index contributed by atoms with van der Waals surface area (Å²) in [6.07, 6.45) is 8.17. The van der Waals surface area contributed by atoms with E-state index in [1.54, 1.807) is 4.52 Å². The third kappa shape index (κ3) is 3.24. The predicted octanol–water partition coefficient (Wildman–Crippen LogP) is 1.46. The van der Waals surface area contributed by atoms with Crippen molar-refractivity contribution in [2.75, 3.05) is 5.32 Å². The van der Waals surface area contributed by atoms with Crippen molar-refractivity contribution in [3.05, 3.63) is 42.7 Å². The first-order valence-electron chi connectivity index (χ1n) is 8.04. The van der Waals surface area contributed by atoms with E-state index in [1.807, 2.05) is 18.3 Å². The van der Waals surface area contributed by atoms with Gasteiger partial charge in [-0.3, -0.25) is 9.59 Å². The summed E-state index contributed by atoms with van der Waals surface area (Å²) in [6.45, 7) is 3.47. The molecule has 2 aromatic rings. The lowest BCUT2D eigenvalue weighted by molar-refractivity contribution is -0.117. The van der Waals surface area contributed by atoms with E-state index in [2.05, 4.69) is 22.3 Å². The van der Waals surface area contributed by atoms with Crippen molar-refractivity contribution in [1.82, 2.24) is 14.9 Å². The second-order valence-electron chi connectivity index (χ2n) is 6.04. The van der Waals surface area contributed by atoms with Gasteiger partial charge in [0, 0.05) is 18.3 Å². The second-order valence-corrected chi connectivity index (χ2v) is 6.04. The average Bonchev–Trinajstić information content (AvgIpc) is 3.05. The molecule has 0 unspecified atom stereocenters. The summed E-state index contributed by atoms with van der Waals surface area (Å²) >= 11 is 0. The summed E-state index contributed by atoms with van der Waals surface area (Å²) < 4.78 is 1.71. The molecule has 0 aromatic carbocycles. The zero-order chi connectivity index (χ0) is 17.1. The Morgan fingerprint density at radius 1 is 1.29 bits per heavy atom. The number of primary amides is 1. The molecular formula is C17H21N5O2. The smallest absolute Gasteiger partial charge is 0.252 e. The molecule has 1 aliphatic carbocycles. The van der Waals surface area contributed by atoms with Gasteiger partial charge in [0.2, 0.25) is 5.91 Å². The zero-order valence-electron chi connectivity index (χ0n) is 13.4. The van der Waals surface area contributed by atoms with E-state index in [4.69, 9.17) is 5.73 Å². The summed E-state index contributed by atoms with van der Waals surface area (Å²) in [6, 6.07) is 4.17. The molecule has 0 aliphatic heterocycles. The molecular weight excluding hydrogens is 306 g/mol. The van der Waals surface area contributed by atoms with Gasteiger partial charge in [-0.1, -0.05) is 6.58 Å². The van der Waals surface area contributed by atoms with Gasteiger partial charge < -0.3 is 16.4 Å². The Balaban J connectivity index is 1.73. The molecule has 0 bridgehead atoms. The fraction of sp³-hybridized carbons (Fsp3) is 0.353. The summed E-state index contributed by atoms with van der Waals surface area (Å²) in [5.74, 6) is -0.632. The van der Waals surface area contributed by atoms with Crippen molar-refractivity contribution in [2.45, 2.75) is 37.8 Å². The van der Waals surface area contributed by atoms with Crippen LogP contribution in [0.2, 0.25) is 0 Å². The van der Waals surface area contributed by atoms with Crippen LogP contribution in [-0.4, -0.2) is 33.5 Å². The van der Waals surface area contributed by atoms with Crippen LogP contribution < -0.4 is 16.4 Å². The highest BCUT2D eigenvalue weighted by Crippen LogP contribution is 2.27. The van der Waals surface area contributed by atoms with E-state index >= 15 is 0 Å². The van der Waals surface area contributed by atoms with Gasteiger partial charge in [0.15, 0.2) is 0 Å². The van der Waals surface area contributed by atoms with Gasteiger partial charge in [0.1, 0.15) is 0 Å². The molecule has 2 amide bonds. The number of hydrogen-bond donors (Lipinski definition) is 3. The molecule has 1 aliphatic rings. The van der Waals surface area contributed by atoms with Gasteiger partial charge in [0.05, 0.1) is 23.0 Å². The molecule has 1 fully saturated rings. The quantitative estimate of drug-likeness (QED) is 0.724. The van der Waals surface area contributed by atoms with Gasteiger partial charge >= 0.3 is 0 Å². The lowest BCUT2D eigenvalue weighted by Crippen LogP contribution is -2.39. The Morgan fingerprint density at radius 3 is 2.67 bits per heavy atom. The number of nitrogens with one attached hydrogen (secondary N) is 2. The van der Waals surface area contributed by atoms with E-state index in [9.17, 15) is 9.59 Å². The van der Waals surface area contributed by atoms with Crippen LogP contribution in [0.5, 0.6) is 0 Å². The van der Waals surface area contributed by atoms with Gasteiger partial charge in [-0.2, -0.15) is 5.10 Å². The average molecular weight is 327 g/mol. The van der Waals surface area contributed by atoms with Crippen molar-refractivity contribution in [1.29, 1.82) is 0 Å². The van der Waals surface area contributed by atoms with Crippen LogP contribution in [0.1, 0.15) is 36.0 Å². The van der Waals surface area contributed by atoms with E-state index < -0.39 is 5.91 Å². The maximum absolute atomic E-state index is 11.7. The van der Waals surface area contributed by atoms with Crippen molar-refractivity contribution < 1.29 is 9.59 Å². The highest BCUT2D eigenvalue weighted by molar-refractivity contribution is 6.01. The summed E-state index contributed by atoms with van der Waals surface area (Å²) in [5, 5.41) is 10.6. The largest absolute Gasteiger partial charge is 0.380 e. The molecule has 2 heterocycles. The third-order valence-corrected chi connectivity index (χ3v) is 4.44. The zero-order valence-corrected chi connectivity index (χ0v) is 13.4. The molecule has 7 heteroatoms. The van der Waals surface area contributed by atoms with Crippen LogP contribution in [0.25, 0.3) is 5.52 Å². The maximum Gasteiger partial charge on any atom is 0.252 e. The first-order chi connectivity index (χ1) is 11.6. The number of fused-ring (bicyclic) bond motifs is 1. The number of carbonyl (C=O) groups excluding carboxylic acids is 2. The van der Waals surface area contributed by atoms with Crippen LogP contribution in [0.15, 0.2) is 37.2 Å². The first-order valence-corrected chi connectivity index (χ1v) is 8.04. The number of nitrogens with two attached hydrogens (primary N) is 1. The van der Waals surface area contributed by atoms with Crippen molar-refractivity contribution >= 4 is 23.0 Å². The Kier molecular flexibility index (Phi) is 4.50. The van der Waals surface area contributed by atoms with Crippen molar-refractivity contribution in [2.24, 2.45) is 5.73 Å². The lowest BCUT2D eigenvalue weighted by atomic mass is 9.90. The SMILES string of the molecule is C=CC(=O)NC1CCC(Nc2c(C(N)=O)cnn3cccc23)CC1. The van der Waals surface area contributed by atoms with Gasteiger partial charge in [-0.25, -0.2) is 4.52 Å². The molecule has 126 valence electrons. The van der Waals surface area contributed by atoms with Crippen molar-refractivity contribution in [3.8, 4) is 0 Å². The summed E-state index contributed by atoms with van der Waals surface area (Å²) in [4.78, 5) is 23.1. The summed E-state index contributed by atoms with van der Waals surface area (Å²) in [7, 11) is 0. The highest BCUT2D eigenvalue weighted by Gasteiger charge is 2.24. The number of anilines is 1. The van der Waals surface area contributed by atoms with Crippen LogP contribution in [-0.2, 0) is 4.79 Å². The minimum Gasteiger partial charge on any atom is -0.380 e. The van der Waals surface area contributed by atoms with Crippen LogP contribution in [0.4, 0.5) is 5.69 Å². The molecule has 2 aromatic heterocycles. The first kappa shape index (κ1) is 16.0. The molecule has 3 rings (SSSR count). The number of carbonyl (C=O) groups is 2. The molecule has 24 heavy (non-hydrogen) atoms. The maximum atomic E-state index is 11.7. The number of amides is 2. The molecule has 0 radical (unpaired) electrons. The molecule has 1 saturated carbocycles. The molecule has 7 nitrogen and oxygen atoms in total. The molecule has 0 spiro atoms. The monoisotopic (exact) mass is 327 g/mol. The lowest BCUT2D eigenvalue weighted by Gasteiger charge is -2.30. The Labute approximate surface area is 139 Å². The number of aromatic nitrogens is 2. The molecule has 0 atom stereocenters. The van der Waals surface area contributed by atoms with Crippen LogP contribution in [0, 0.1) is 0 Å². The van der Waals surface area contributed by atoms with Gasteiger partial charge in [-0.15, -0.1) is 0 Å². The van der Waals surface area contributed by atoms with E-state index in [-0.39, 0.29) is 18.0 Å².